The van der Waals surface area contributed by atoms with E-state index in [1.807, 2.05) is 11.8 Å². The maximum atomic E-state index is 13.1. The third-order valence-corrected chi connectivity index (χ3v) is 6.15. The van der Waals surface area contributed by atoms with Crippen molar-refractivity contribution in [3.05, 3.63) is 77.6 Å². The standard InChI is InChI=1S/C26H25N5O4/c1-2-35-20-9-7-19(8-10-20)31-24(33)21-11-6-17(15-22(21)25(31)34)23(32)29-18-5-3-14-30(16-18)26-27-12-4-13-28-26/h4,6-13,15,18H,2-3,5,14,16H2,1H3,(H,29,32). The van der Waals surface area contributed by atoms with Crippen LogP contribution < -0.4 is 19.9 Å². The number of carbonyl (C=O) groups excluding carboxylic acids is 3. The monoisotopic (exact) mass is 471 g/mol. The van der Waals surface area contributed by atoms with Crippen LogP contribution in [0, 0.1) is 0 Å². The summed E-state index contributed by atoms with van der Waals surface area (Å²) >= 11 is 0. The van der Waals surface area contributed by atoms with Crippen LogP contribution in [0.2, 0.25) is 0 Å². The Bertz CT molecular complexity index is 1260. The van der Waals surface area contributed by atoms with Crippen molar-refractivity contribution in [1.29, 1.82) is 0 Å². The van der Waals surface area contributed by atoms with E-state index < -0.39 is 11.8 Å². The van der Waals surface area contributed by atoms with E-state index in [2.05, 4.69) is 15.3 Å². The van der Waals surface area contributed by atoms with Gasteiger partial charge in [-0.3, -0.25) is 14.4 Å². The minimum absolute atomic E-state index is 0.0778. The third kappa shape index (κ3) is 4.44. The molecule has 3 aromatic rings. The zero-order valence-corrected chi connectivity index (χ0v) is 19.3. The number of carbonyl (C=O) groups is 3. The molecule has 5 rings (SSSR count). The van der Waals surface area contributed by atoms with Gasteiger partial charge in [0, 0.05) is 37.1 Å². The number of ether oxygens (including phenoxy) is 1. The Morgan fingerprint density at radius 2 is 1.80 bits per heavy atom. The number of aromatic nitrogens is 2. The number of anilines is 2. The largest absolute Gasteiger partial charge is 0.494 e. The summed E-state index contributed by atoms with van der Waals surface area (Å²) < 4.78 is 5.43. The normalized spacial score (nSPS) is 17.3. The topological polar surface area (TPSA) is 105 Å². The lowest BCUT2D eigenvalue weighted by atomic mass is 10.0. The van der Waals surface area contributed by atoms with E-state index in [9.17, 15) is 14.4 Å². The molecule has 2 aromatic carbocycles. The summed E-state index contributed by atoms with van der Waals surface area (Å²) in [5.41, 5.74) is 1.30. The van der Waals surface area contributed by atoms with Gasteiger partial charge in [0.2, 0.25) is 5.95 Å². The Hall–Kier alpha value is -4.27. The first kappa shape index (κ1) is 22.5. The van der Waals surface area contributed by atoms with Crippen molar-refractivity contribution >= 4 is 29.4 Å². The van der Waals surface area contributed by atoms with Gasteiger partial charge in [-0.15, -0.1) is 0 Å². The van der Waals surface area contributed by atoms with E-state index in [1.165, 1.54) is 6.07 Å². The van der Waals surface area contributed by atoms with E-state index in [1.54, 1.807) is 54.9 Å². The molecule has 9 nitrogen and oxygen atoms in total. The van der Waals surface area contributed by atoms with Gasteiger partial charge in [0.25, 0.3) is 17.7 Å². The fourth-order valence-corrected chi connectivity index (χ4v) is 4.47. The molecule has 2 aliphatic rings. The van der Waals surface area contributed by atoms with Crippen LogP contribution in [0.15, 0.2) is 60.9 Å². The molecule has 0 saturated carbocycles. The van der Waals surface area contributed by atoms with Gasteiger partial charge < -0.3 is 15.0 Å². The second-order valence-corrected chi connectivity index (χ2v) is 8.44. The van der Waals surface area contributed by atoms with Gasteiger partial charge in [-0.1, -0.05) is 0 Å². The van der Waals surface area contributed by atoms with E-state index in [4.69, 9.17) is 4.74 Å². The average Bonchev–Trinajstić information content (AvgIpc) is 3.14. The van der Waals surface area contributed by atoms with Crippen molar-refractivity contribution in [3.63, 3.8) is 0 Å². The number of benzene rings is 2. The number of nitrogens with one attached hydrogen (secondary N) is 1. The molecule has 1 saturated heterocycles. The van der Waals surface area contributed by atoms with Crippen LogP contribution in [0.1, 0.15) is 50.8 Å². The zero-order chi connectivity index (χ0) is 24.4. The number of imide groups is 1. The van der Waals surface area contributed by atoms with Crippen LogP contribution >= 0.6 is 0 Å². The number of rotatable bonds is 6. The van der Waals surface area contributed by atoms with Crippen LogP contribution in [0.3, 0.4) is 0 Å². The number of piperidine rings is 1. The lowest BCUT2D eigenvalue weighted by Crippen LogP contribution is -2.48. The first-order valence-electron chi connectivity index (χ1n) is 11.6. The fourth-order valence-electron chi connectivity index (χ4n) is 4.47. The Kier molecular flexibility index (Phi) is 6.13. The Balaban J connectivity index is 1.30. The highest BCUT2D eigenvalue weighted by Gasteiger charge is 2.37. The molecule has 1 aromatic heterocycles. The van der Waals surface area contributed by atoms with Crippen LogP contribution in [0.4, 0.5) is 11.6 Å². The van der Waals surface area contributed by atoms with Gasteiger partial charge in [-0.05, 0) is 68.3 Å². The summed E-state index contributed by atoms with van der Waals surface area (Å²) in [6, 6.07) is 13.1. The first-order valence-corrected chi connectivity index (χ1v) is 11.6. The Morgan fingerprint density at radius 1 is 1.06 bits per heavy atom. The predicted octanol–water partition coefficient (Wildman–Crippen LogP) is 3.07. The summed E-state index contributed by atoms with van der Waals surface area (Å²) in [5, 5.41) is 3.05. The highest BCUT2D eigenvalue weighted by atomic mass is 16.5. The van der Waals surface area contributed by atoms with Crippen LogP contribution in [0.25, 0.3) is 0 Å². The molecule has 0 spiro atoms. The quantitative estimate of drug-likeness (QED) is 0.551. The number of nitrogens with zero attached hydrogens (tertiary/aromatic N) is 4. The maximum absolute atomic E-state index is 13.1. The molecule has 35 heavy (non-hydrogen) atoms. The molecule has 0 bridgehead atoms. The highest BCUT2D eigenvalue weighted by molar-refractivity contribution is 6.34. The van der Waals surface area contributed by atoms with Crippen molar-refractivity contribution in [2.45, 2.75) is 25.8 Å². The molecule has 2 aliphatic heterocycles. The molecule has 1 unspecified atom stereocenters. The summed E-state index contributed by atoms with van der Waals surface area (Å²) in [5.74, 6) is 0.156. The van der Waals surface area contributed by atoms with E-state index in [0.717, 1.165) is 24.3 Å². The maximum Gasteiger partial charge on any atom is 0.266 e. The summed E-state index contributed by atoms with van der Waals surface area (Å²) in [7, 11) is 0. The molecule has 1 atom stereocenters. The summed E-state index contributed by atoms with van der Waals surface area (Å²) in [6.45, 7) is 3.83. The van der Waals surface area contributed by atoms with Gasteiger partial charge in [0.1, 0.15) is 5.75 Å². The average molecular weight is 472 g/mol. The number of hydrogen-bond donors (Lipinski definition) is 1. The van der Waals surface area contributed by atoms with E-state index >= 15 is 0 Å². The molecule has 3 heterocycles. The zero-order valence-electron chi connectivity index (χ0n) is 19.3. The molecule has 178 valence electrons. The van der Waals surface area contributed by atoms with Crippen LogP contribution in [0.5, 0.6) is 5.75 Å². The second-order valence-electron chi connectivity index (χ2n) is 8.44. The smallest absolute Gasteiger partial charge is 0.266 e. The van der Waals surface area contributed by atoms with Gasteiger partial charge >= 0.3 is 0 Å². The molecular formula is C26H25N5O4. The van der Waals surface area contributed by atoms with Crippen molar-refractivity contribution < 1.29 is 19.1 Å². The van der Waals surface area contributed by atoms with Gasteiger partial charge in [0.15, 0.2) is 0 Å². The Labute approximate surface area is 202 Å². The molecule has 3 amide bonds. The van der Waals surface area contributed by atoms with Gasteiger partial charge in [0.05, 0.1) is 23.4 Å². The van der Waals surface area contributed by atoms with Crippen molar-refractivity contribution in [2.75, 3.05) is 29.5 Å². The number of fused-ring (bicyclic) bond motifs is 1. The highest BCUT2D eigenvalue weighted by Crippen LogP contribution is 2.30. The van der Waals surface area contributed by atoms with Crippen molar-refractivity contribution in [3.8, 4) is 5.75 Å². The van der Waals surface area contributed by atoms with E-state index in [-0.39, 0.29) is 23.1 Å². The third-order valence-electron chi connectivity index (χ3n) is 6.15. The van der Waals surface area contributed by atoms with Gasteiger partial charge in [-0.2, -0.15) is 0 Å². The van der Waals surface area contributed by atoms with Crippen LogP contribution in [-0.4, -0.2) is 53.4 Å². The molecule has 9 heteroatoms. The Morgan fingerprint density at radius 3 is 2.54 bits per heavy atom. The molecule has 0 aliphatic carbocycles. The predicted molar refractivity (Wildman–Crippen MR) is 130 cm³/mol. The molecule has 0 radical (unpaired) electrons. The minimum atomic E-state index is -0.450. The van der Waals surface area contributed by atoms with Crippen molar-refractivity contribution in [1.82, 2.24) is 15.3 Å². The fraction of sp³-hybridized carbons (Fsp3) is 0.269. The van der Waals surface area contributed by atoms with Crippen LogP contribution in [-0.2, 0) is 0 Å². The minimum Gasteiger partial charge on any atom is -0.494 e. The molecule has 1 fully saturated rings. The second kappa shape index (κ2) is 9.54. The summed E-state index contributed by atoms with van der Waals surface area (Å²) in [6.07, 6.45) is 5.13. The number of hydrogen-bond acceptors (Lipinski definition) is 7. The van der Waals surface area contributed by atoms with Gasteiger partial charge in [-0.25, -0.2) is 14.9 Å². The first-order chi connectivity index (χ1) is 17.0. The van der Waals surface area contributed by atoms with Crippen molar-refractivity contribution in [2.24, 2.45) is 0 Å². The molecule has 1 N–H and O–H groups in total. The van der Waals surface area contributed by atoms with E-state index in [0.29, 0.717) is 36.1 Å². The lowest BCUT2D eigenvalue weighted by Gasteiger charge is -2.33. The number of amides is 3. The lowest BCUT2D eigenvalue weighted by molar-refractivity contribution is 0.0920. The summed E-state index contributed by atoms with van der Waals surface area (Å²) in [4.78, 5) is 50.8. The SMILES string of the molecule is CCOc1ccc(N2C(=O)c3ccc(C(=O)NC4CCCN(c5ncccn5)C4)cc3C2=O)cc1. The molecular weight excluding hydrogens is 446 g/mol.